The molecule has 1 N–H and O–H groups in total. The molecule has 3 saturated carbocycles. The Balaban J connectivity index is 1.33. The topological polar surface area (TPSA) is 61.9 Å². The van der Waals surface area contributed by atoms with E-state index in [1.165, 1.54) is 63.1 Å². The van der Waals surface area contributed by atoms with Gasteiger partial charge in [-0.3, -0.25) is 9.89 Å². The van der Waals surface area contributed by atoms with Crippen molar-refractivity contribution in [2.24, 2.45) is 5.92 Å². The van der Waals surface area contributed by atoms with Crippen LogP contribution < -0.4 is 0 Å². The molecule has 0 unspecified atom stereocenters. The summed E-state index contributed by atoms with van der Waals surface area (Å²) >= 11 is 1.49. The van der Waals surface area contributed by atoms with E-state index >= 15 is 0 Å². The number of nitrogens with zero attached hydrogens (tertiary/aromatic N) is 3. The molecule has 0 saturated heterocycles. The van der Waals surface area contributed by atoms with E-state index in [4.69, 9.17) is 0 Å². The molecule has 3 fully saturated rings. The Bertz CT molecular complexity index is 559. The number of aromatic amines is 1. The maximum atomic E-state index is 12.8. The second-order valence-corrected chi connectivity index (χ2v) is 8.45. The van der Waals surface area contributed by atoms with Crippen LogP contribution in [0.2, 0.25) is 0 Å². The van der Waals surface area contributed by atoms with E-state index < -0.39 is 0 Å². The van der Waals surface area contributed by atoms with Crippen molar-refractivity contribution in [1.82, 2.24) is 20.1 Å². The molecule has 0 aromatic carbocycles. The molecule has 1 aromatic rings. The second-order valence-electron chi connectivity index (χ2n) is 7.51. The zero-order valence-corrected chi connectivity index (χ0v) is 14.6. The van der Waals surface area contributed by atoms with Gasteiger partial charge in [0.15, 0.2) is 0 Å². The normalized spacial score (nSPS) is 27.9. The minimum absolute atomic E-state index is 0.287. The first kappa shape index (κ1) is 15.5. The van der Waals surface area contributed by atoms with Gasteiger partial charge in [0.2, 0.25) is 11.1 Å². The molecule has 0 spiro atoms. The summed E-state index contributed by atoms with van der Waals surface area (Å²) in [5.41, 5.74) is 0. The Morgan fingerprint density at radius 1 is 1.13 bits per heavy atom. The lowest BCUT2D eigenvalue weighted by atomic mass is 9.86. The smallest absolute Gasteiger partial charge is 0.233 e. The van der Waals surface area contributed by atoms with Crippen LogP contribution in [-0.4, -0.2) is 43.8 Å². The largest absolute Gasteiger partial charge is 0.336 e. The molecule has 0 atom stereocenters. The van der Waals surface area contributed by atoms with Crippen LogP contribution in [-0.2, 0) is 4.79 Å². The zero-order valence-electron chi connectivity index (χ0n) is 13.8. The lowest BCUT2D eigenvalue weighted by Crippen LogP contribution is -2.44. The molecular formula is C17H26N4OS. The SMILES string of the molecule is CC1CCC(N(C(=O)CSc2n[nH]c(C3CC3)n2)C2CC2)CC1. The fraction of sp³-hybridized carbons (Fsp3) is 0.824. The van der Waals surface area contributed by atoms with Crippen LogP contribution in [0.15, 0.2) is 5.16 Å². The highest BCUT2D eigenvalue weighted by Crippen LogP contribution is 2.39. The van der Waals surface area contributed by atoms with Crippen LogP contribution >= 0.6 is 11.8 Å². The van der Waals surface area contributed by atoms with E-state index in [2.05, 4.69) is 27.0 Å². The van der Waals surface area contributed by atoms with Crippen molar-refractivity contribution in [3.8, 4) is 0 Å². The number of amides is 1. The summed E-state index contributed by atoms with van der Waals surface area (Å²) in [4.78, 5) is 19.5. The molecule has 1 aromatic heterocycles. The number of thioether (sulfide) groups is 1. The van der Waals surface area contributed by atoms with Gasteiger partial charge >= 0.3 is 0 Å². The van der Waals surface area contributed by atoms with E-state index in [1.54, 1.807) is 0 Å². The number of nitrogens with one attached hydrogen (secondary N) is 1. The molecule has 126 valence electrons. The van der Waals surface area contributed by atoms with Crippen molar-refractivity contribution < 1.29 is 4.79 Å². The Morgan fingerprint density at radius 2 is 1.78 bits per heavy atom. The molecule has 0 bridgehead atoms. The third kappa shape index (κ3) is 3.73. The average Bonchev–Trinajstić information content (AvgIpc) is 3.48. The van der Waals surface area contributed by atoms with Gasteiger partial charge in [-0.25, -0.2) is 4.98 Å². The van der Waals surface area contributed by atoms with E-state index in [0.717, 1.165) is 16.9 Å². The molecule has 23 heavy (non-hydrogen) atoms. The second kappa shape index (κ2) is 6.46. The monoisotopic (exact) mass is 334 g/mol. The molecule has 6 heteroatoms. The quantitative estimate of drug-likeness (QED) is 0.811. The third-order valence-electron chi connectivity index (χ3n) is 5.38. The number of aromatic nitrogens is 3. The van der Waals surface area contributed by atoms with Crippen molar-refractivity contribution >= 4 is 17.7 Å². The fourth-order valence-corrected chi connectivity index (χ4v) is 4.32. The molecule has 0 radical (unpaired) electrons. The van der Waals surface area contributed by atoms with Crippen LogP contribution in [0.5, 0.6) is 0 Å². The Morgan fingerprint density at radius 3 is 2.39 bits per heavy atom. The van der Waals surface area contributed by atoms with Crippen LogP contribution in [0, 0.1) is 5.92 Å². The van der Waals surface area contributed by atoms with E-state index in [-0.39, 0.29) is 5.91 Å². The standard InChI is InChI=1S/C17H26N4OS/c1-11-2-6-13(7-3-11)21(14-8-9-14)15(22)10-23-17-18-16(19-20-17)12-4-5-12/h11-14H,2-10H2,1H3,(H,18,19,20). The highest BCUT2D eigenvalue weighted by molar-refractivity contribution is 7.99. The molecule has 1 heterocycles. The van der Waals surface area contributed by atoms with Gasteiger partial charge in [0.05, 0.1) is 5.75 Å². The van der Waals surface area contributed by atoms with Gasteiger partial charge in [-0.05, 0) is 57.3 Å². The van der Waals surface area contributed by atoms with Crippen LogP contribution in [0.1, 0.15) is 70.0 Å². The maximum Gasteiger partial charge on any atom is 0.233 e. The Kier molecular flexibility index (Phi) is 4.35. The third-order valence-corrected chi connectivity index (χ3v) is 6.21. The minimum Gasteiger partial charge on any atom is -0.336 e. The van der Waals surface area contributed by atoms with Crippen molar-refractivity contribution in [2.75, 3.05) is 5.75 Å². The number of hydrogen-bond donors (Lipinski definition) is 1. The summed E-state index contributed by atoms with van der Waals surface area (Å²) < 4.78 is 0. The Hall–Kier alpha value is -1.04. The molecule has 3 aliphatic carbocycles. The van der Waals surface area contributed by atoms with E-state index in [9.17, 15) is 4.79 Å². The molecule has 4 rings (SSSR count). The van der Waals surface area contributed by atoms with E-state index in [0.29, 0.717) is 23.8 Å². The minimum atomic E-state index is 0.287. The number of carbonyl (C=O) groups excluding carboxylic acids is 1. The fourth-order valence-electron chi connectivity index (χ4n) is 3.64. The summed E-state index contributed by atoms with van der Waals surface area (Å²) in [7, 11) is 0. The maximum absolute atomic E-state index is 12.8. The molecule has 3 aliphatic rings. The van der Waals surface area contributed by atoms with Crippen molar-refractivity contribution in [3.05, 3.63) is 5.82 Å². The van der Waals surface area contributed by atoms with Gasteiger partial charge in [0.1, 0.15) is 5.82 Å². The first-order valence-electron chi connectivity index (χ1n) is 9.07. The van der Waals surface area contributed by atoms with Crippen LogP contribution in [0.4, 0.5) is 0 Å². The lowest BCUT2D eigenvalue weighted by Gasteiger charge is -2.36. The number of carbonyl (C=O) groups is 1. The van der Waals surface area contributed by atoms with Crippen molar-refractivity contribution in [3.63, 3.8) is 0 Å². The van der Waals surface area contributed by atoms with Gasteiger partial charge in [-0.2, -0.15) is 0 Å². The lowest BCUT2D eigenvalue weighted by molar-refractivity contribution is -0.132. The van der Waals surface area contributed by atoms with Crippen molar-refractivity contribution in [1.29, 1.82) is 0 Å². The predicted octanol–water partition coefficient (Wildman–Crippen LogP) is 3.34. The average molecular weight is 334 g/mol. The van der Waals surface area contributed by atoms with E-state index in [1.807, 2.05) is 0 Å². The number of rotatable bonds is 6. The molecule has 5 nitrogen and oxygen atoms in total. The number of H-pyrrole nitrogens is 1. The number of hydrogen-bond acceptors (Lipinski definition) is 4. The van der Waals surface area contributed by atoms with Gasteiger partial charge in [0.25, 0.3) is 0 Å². The predicted molar refractivity (Wildman–Crippen MR) is 90.4 cm³/mol. The molecule has 1 amide bonds. The van der Waals surface area contributed by atoms with Crippen LogP contribution in [0.25, 0.3) is 0 Å². The zero-order chi connectivity index (χ0) is 15.8. The molecular weight excluding hydrogens is 308 g/mol. The first-order valence-corrected chi connectivity index (χ1v) is 10.1. The summed E-state index contributed by atoms with van der Waals surface area (Å²) in [6.07, 6.45) is 9.70. The van der Waals surface area contributed by atoms with Gasteiger partial charge < -0.3 is 4.90 Å². The van der Waals surface area contributed by atoms with Gasteiger partial charge in [0, 0.05) is 18.0 Å². The highest BCUT2D eigenvalue weighted by Gasteiger charge is 2.38. The summed E-state index contributed by atoms with van der Waals surface area (Å²) in [5.74, 6) is 3.17. The van der Waals surface area contributed by atoms with Gasteiger partial charge in [-0.15, -0.1) is 5.10 Å². The molecule has 0 aliphatic heterocycles. The summed E-state index contributed by atoms with van der Waals surface area (Å²) in [5, 5.41) is 7.99. The van der Waals surface area contributed by atoms with Crippen molar-refractivity contribution in [2.45, 2.75) is 81.4 Å². The van der Waals surface area contributed by atoms with Gasteiger partial charge in [-0.1, -0.05) is 18.7 Å². The Labute approximate surface area is 142 Å². The summed E-state index contributed by atoms with van der Waals surface area (Å²) in [6, 6.07) is 0.983. The van der Waals surface area contributed by atoms with Crippen LogP contribution in [0.3, 0.4) is 0 Å². The summed E-state index contributed by atoms with van der Waals surface area (Å²) in [6.45, 7) is 2.33. The first-order chi connectivity index (χ1) is 11.2. The highest BCUT2D eigenvalue weighted by atomic mass is 32.2.